The number of allylic oxidation sites excluding steroid dienone is 4. The van der Waals surface area contributed by atoms with Crippen LogP contribution < -0.4 is 5.32 Å². The first-order valence-electron chi connectivity index (χ1n) is 8.58. The fourth-order valence-corrected chi connectivity index (χ4v) is 3.23. The minimum Gasteiger partial charge on any atom is -0.493 e. The molecule has 4 atom stereocenters. The van der Waals surface area contributed by atoms with Gasteiger partial charge in [-0.15, -0.1) is 0 Å². The predicted octanol–water partition coefficient (Wildman–Crippen LogP) is 3.71. The molecule has 0 aromatic heterocycles. The Hall–Kier alpha value is -1.62. The normalized spacial score (nSPS) is 27.2. The van der Waals surface area contributed by atoms with Gasteiger partial charge in [-0.3, -0.25) is 5.32 Å². The highest BCUT2D eigenvalue weighted by atomic mass is 16.6. The topological polar surface area (TPSA) is 43.0 Å². The van der Waals surface area contributed by atoms with Gasteiger partial charge in [-0.25, -0.2) is 0 Å². The number of ether oxygens (including phenoxy) is 3. The van der Waals surface area contributed by atoms with Crippen molar-refractivity contribution >= 4 is 0 Å². The van der Waals surface area contributed by atoms with E-state index in [9.17, 15) is 0 Å². The highest BCUT2D eigenvalue weighted by molar-refractivity contribution is 5.31. The number of rotatable bonds is 7. The van der Waals surface area contributed by atoms with Crippen molar-refractivity contribution in [3.05, 3.63) is 58.9 Å². The monoisotopic (exact) mass is 329 g/mol. The summed E-state index contributed by atoms with van der Waals surface area (Å²) in [5.74, 6) is 1.62. The van der Waals surface area contributed by atoms with Crippen LogP contribution in [0.25, 0.3) is 0 Å². The molecule has 1 saturated heterocycles. The van der Waals surface area contributed by atoms with Crippen molar-refractivity contribution in [3.63, 3.8) is 0 Å². The minimum absolute atomic E-state index is 0.0553. The van der Waals surface area contributed by atoms with E-state index >= 15 is 0 Å². The summed E-state index contributed by atoms with van der Waals surface area (Å²) < 4.78 is 17.5. The van der Waals surface area contributed by atoms with Crippen LogP contribution >= 0.6 is 0 Å². The van der Waals surface area contributed by atoms with Crippen molar-refractivity contribution in [1.82, 2.24) is 5.32 Å². The zero-order valence-corrected chi connectivity index (χ0v) is 14.9. The molecule has 1 aromatic carbocycles. The summed E-state index contributed by atoms with van der Waals surface area (Å²) in [6.45, 7) is 4.88. The Labute approximate surface area is 144 Å². The lowest BCUT2D eigenvalue weighted by atomic mass is 9.97. The van der Waals surface area contributed by atoms with Crippen LogP contribution in [0.5, 0.6) is 0 Å². The van der Waals surface area contributed by atoms with Crippen molar-refractivity contribution in [3.8, 4) is 0 Å². The minimum atomic E-state index is -0.0810. The average molecular weight is 329 g/mol. The summed E-state index contributed by atoms with van der Waals surface area (Å²) in [7, 11) is 3.64. The molecule has 0 radical (unpaired) electrons. The molecule has 4 heteroatoms. The smallest absolute Gasteiger partial charge is 0.138 e. The molecule has 1 aromatic rings. The van der Waals surface area contributed by atoms with E-state index in [0.717, 1.165) is 23.3 Å². The van der Waals surface area contributed by atoms with Gasteiger partial charge in [-0.05, 0) is 36.6 Å². The lowest BCUT2D eigenvalue weighted by Gasteiger charge is -2.21. The summed E-state index contributed by atoms with van der Waals surface area (Å²) >= 11 is 0. The van der Waals surface area contributed by atoms with Crippen molar-refractivity contribution in [2.75, 3.05) is 14.2 Å². The zero-order chi connectivity index (χ0) is 17.1. The number of methoxy groups -OCH3 is 1. The summed E-state index contributed by atoms with van der Waals surface area (Å²) in [5.41, 5.74) is 3.51. The van der Waals surface area contributed by atoms with Gasteiger partial charge in [0.2, 0.25) is 0 Å². The highest BCUT2D eigenvalue weighted by Gasteiger charge is 2.45. The molecule has 0 saturated carbocycles. The largest absolute Gasteiger partial charge is 0.493 e. The van der Waals surface area contributed by atoms with Crippen molar-refractivity contribution in [1.29, 1.82) is 0 Å². The van der Waals surface area contributed by atoms with Crippen LogP contribution in [0.1, 0.15) is 37.5 Å². The van der Waals surface area contributed by atoms with Gasteiger partial charge in [0.15, 0.2) is 0 Å². The molecule has 1 aliphatic heterocycles. The van der Waals surface area contributed by atoms with Crippen LogP contribution in [-0.2, 0) is 20.8 Å². The molecule has 4 nitrogen and oxygen atoms in total. The number of likely N-dealkylation sites (N-methyl/N-ethyl adjacent to an activating group) is 1. The summed E-state index contributed by atoms with van der Waals surface area (Å²) in [5, 5.41) is 3.14. The van der Waals surface area contributed by atoms with Gasteiger partial charge in [0.1, 0.15) is 25.0 Å². The van der Waals surface area contributed by atoms with Crippen LogP contribution in [0.2, 0.25) is 0 Å². The Morgan fingerprint density at radius 3 is 2.83 bits per heavy atom. The third-order valence-corrected chi connectivity index (χ3v) is 4.75. The van der Waals surface area contributed by atoms with Gasteiger partial charge in [-0.1, -0.05) is 43.3 Å². The van der Waals surface area contributed by atoms with Crippen LogP contribution in [0.4, 0.5) is 0 Å². The molecule has 4 unspecified atom stereocenters. The molecular weight excluding hydrogens is 302 g/mol. The van der Waals surface area contributed by atoms with E-state index in [0.29, 0.717) is 12.5 Å². The van der Waals surface area contributed by atoms with E-state index in [1.165, 1.54) is 5.57 Å². The van der Waals surface area contributed by atoms with Crippen LogP contribution in [-0.4, -0.2) is 26.5 Å². The second-order valence-corrected chi connectivity index (χ2v) is 6.60. The quantitative estimate of drug-likeness (QED) is 0.775. The van der Waals surface area contributed by atoms with E-state index in [-0.39, 0.29) is 18.4 Å². The molecule has 24 heavy (non-hydrogen) atoms. The lowest BCUT2D eigenvalue weighted by molar-refractivity contribution is 0.0734. The fourth-order valence-electron chi connectivity index (χ4n) is 3.23. The van der Waals surface area contributed by atoms with E-state index in [1.807, 2.05) is 19.2 Å². The van der Waals surface area contributed by atoms with Gasteiger partial charge < -0.3 is 14.2 Å². The first-order valence-corrected chi connectivity index (χ1v) is 8.58. The van der Waals surface area contributed by atoms with Gasteiger partial charge in [0, 0.05) is 13.5 Å². The fraction of sp³-hybridized carbons (Fsp3) is 0.500. The number of benzene rings is 1. The standard InChI is InChI=1S/C20H27NO3/c1-13-9-10-14(2)17(11-13)23-12-15-7-5-6-8-16(15)18(22-4)19-20(21-3)24-19/h5-10,13,18-21H,11-12H2,1-4H3. The molecule has 0 amide bonds. The van der Waals surface area contributed by atoms with Crippen LogP contribution in [0, 0.1) is 5.92 Å². The maximum absolute atomic E-state index is 6.16. The SMILES string of the molecule is CNC1OC1C(OC)c1ccccc1COC1=C(C)C=CC(C)C1. The Kier molecular flexibility index (Phi) is 5.39. The molecule has 1 N–H and O–H groups in total. The Balaban J connectivity index is 1.74. The van der Waals surface area contributed by atoms with Gasteiger partial charge in [0.25, 0.3) is 0 Å². The molecule has 1 heterocycles. The second-order valence-electron chi connectivity index (χ2n) is 6.60. The maximum atomic E-state index is 6.16. The Morgan fingerprint density at radius 2 is 2.12 bits per heavy atom. The highest BCUT2D eigenvalue weighted by Crippen LogP contribution is 2.37. The summed E-state index contributed by atoms with van der Waals surface area (Å²) in [4.78, 5) is 0. The van der Waals surface area contributed by atoms with Crippen molar-refractivity contribution in [2.45, 2.75) is 45.3 Å². The van der Waals surface area contributed by atoms with Crippen molar-refractivity contribution in [2.24, 2.45) is 5.92 Å². The molecule has 1 aliphatic carbocycles. The Morgan fingerprint density at radius 1 is 1.33 bits per heavy atom. The molecule has 0 bridgehead atoms. The molecule has 130 valence electrons. The number of hydrogen-bond donors (Lipinski definition) is 1. The summed E-state index contributed by atoms with van der Waals surface area (Å²) in [6, 6.07) is 8.29. The predicted molar refractivity (Wildman–Crippen MR) is 94.3 cm³/mol. The second kappa shape index (κ2) is 7.51. The molecule has 1 fully saturated rings. The number of nitrogens with one attached hydrogen (secondary N) is 1. The molecule has 3 rings (SSSR count). The van der Waals surface area contributed by atoms with Gasteiger partial charge in [0.05, 0.1) is 5.76 Å². The van der Waals surface area contributed by atoms with Gasteiger partial charge in [-0.2, -0.15) is 0 Å². The molecular formula is C20H27NO3. The zero-order valence-electron chi connectivity index (χ0n) is 14.9. The van der Waals surface area contributed by atoms with Gasteiger partial charge >= 0.3 is 0 Å². The lowest BCUT2D eigenvalue weighted by Crippen LogP contribution is -2.20. The summed E-state index contributed by atoms with van der Waals surface area (Å²) in [6.07, 6.45) is 5.40. The Bertz CT molecular complexity index is 638. The van der Waals surface area contributed by atoms with Crippen LogP contribution in [0.15, 0.2) is 47.7 Å². The van der Waals surface area contributed by atoms with Crippen LogP contribution in [0.3, 0.4) is 0 Å². The van der Waals surface area contributed by atoms with E-state index in [2.05, 4.69) is 43.4 Å². The maximum Gasteiger partial charge on any atom is 0.138 e. The van der Waals surface area contributed by atoms with Crippen molar-refractivity contribution < 1.29 is 14.2 Å². The van der Waals surface area contributed by atoms with E-state index in [4.69, 9.17) is 14.2 Å². The average Bonchev–Trinajstić information content (AvgIpc) is 3.37. The molecule has 0 spiro atoms. The third-order valence-electron chi connectivity index (χ3n) is 4.75. The third kappa shape index (κ3) is 3.72. The first kappa shape index (κ1) is 17.2. The van der Waals surface area contributed by atoms with E-state index in [1.54, 1.807) is 7.11 Å². The van der Waals surface area contributed by atoms with E-state index < -0.39 is 0 Å². The number of hydrogen-bond acceptors (Lipinski definition) is 4. The molecule has 2 aliphatic rings. The number of epoxide rings is 1. The first-order chi connectivity index (χ1) is 11.6.